The van der Waals surface area contributed by atoms with Gasteiger partial charge in [0.1, 0.15) is 0 Å². The Kier molecular flexibility index (Phi) is 4.15. The smallest absolute Gasteiger partial charge is 0.242 e. The van der Waals surface area contributed by atoms with Crippen LogP contribution in [-0.4, -0.2) is 52.4 Å². The number of carbonyl (C=O) groups excluding carboxylic acids is 2. The Morgan fingerprint density at radius 1 is 1.04 bits per heavy atom. The number of fused-ring (bicyclic) bond motifs is 3. The first kappa shape index (κ1) is 16.6. The number of aryl methyl sites for hydroxylation is 1. The summed E-state index contributed by atoms with van der Waals surface area (Å²) in [5.74, 6) is 0.0605. The molecule has 0 atom stereocenters. The van der Waals surface area contributed by atoms with Crippen LogP contribution in [0.5, 0.6) is 0 Å². The van der Waals surface area contributed by atoms with Crippen LogP contribution in [0.4, 0.5) is 0 Å². The van der Waals surface area contributed by atoms with Gasteiger partial charge in [0.15, 0.2) is 0 Å². The maximum absolute atomic E-state index is 12.7. The minimum absolute atomic E-state index is 0.0219. The van der Waals surface area contributed by atoms with E-state index in [0.717, 1.165) is 11.1 Å². The molecule has 0 unspecified atom stereocenters. The van der Waals surface area contributed by atoms with E-state index in [-0.39, 0.29) is 18.4 Å². The van der Waals surface area contributed by atoms with Crippen LogP contribution in [-0.2, 0) is 23.1 Å². The predicted molar refractivity (Wildman–Crippen MR) is 103 cm³/mol. The van der Waals surface area contributed by atoms with E-state index >= 15 is 0 Å². The third-order valence-corrected chi connectivity index (χ3v) is 5.39. The van der Waals surface area contributed by atoms with Gasteiger partial charge in [-0.2, -0.15) is 0 Å². The Labute approximate surface area is 152 Å². The second kappa shape index (κ2) is 6.48. The topological polar surface area (TPSA) is 45.5 Å². The van der Waals surface area contributed by atoms with Crippen molar-refractivity contribution in [2.45, 2.75) is 13.3 Å². The molecular weight excluding hydrogens is 326 g/mol. The van der Waals surface area contributed by atoms with Crippen molar-refractivity contribution in [2.24, 2.45) is 7.05 Å². The number of likely N-dealkylation sites (N-methyl/N-ethyl adjacent to an activating group) is 1. The average Bonchev–Trinajstić information content (AvgIpc) is 2.94. The summed E-state index contributed by atoms with van der Waals surface area (Å²) in [6.45, 7) is 4.12. The minimum Gasteiger partial charge on any atom is -0.344 e. The number of nitrogens with zero attached hydrogens (tertiary/aromatic N) is 3. The van der Waals surface area contributed by atoms with E-state index in [0.29, 0.717) is 26.1 Å². The lowest BCUT2D eigenvalue weighted by Gasteiger charge is -2.33. The van der Waals surface area contributed by atoms with E-state index in [1.54, 1.807) is 9.80 Å². The van der Waals surface area contributed by atoms with E-state index in [1.165, 1.54) is 16.3 Å². The van der Waals surface area contributed by atoms with Crippen molar-refractivity contribution in [2.75, 3.05) is 26.2 Å². The van der Waals surface area contributed by atoms with Gasteiger partial charge in [-0.3, -0.25) is 9.59 Å². The summed E-state index contributed by atoms with van der Waals surface area (Å²) >= 11 is 0. The molecule has 0 bridgehead atoms. The number of aromatic nitrogens is 1. The number of carbonyl (C=O) groups is 2. The molecule has 2 heterocycles. The number of hydrogen-bond donors (Lipinski definition) is 0. The van der Waals surface area contributed by atoms with Gasteiger partial charge >= 0.3 is 0 Å². The number of rotatable bonds is 3. The van der Waals surface area contributed by atoms with Crippen molar-refractivity contribution in [1.82, 2.24) is 14.4 Å². The minimum atomic E-state index is 0.0219. The number of piperazine rings is 1. The predicted octanol–water partition coefficient (Wildman–Crippen LogP) is 2.56. The molecular formula is C21H23N3O2. The summed E-state index contributed by atoms with van der Waals surface area (Å²) in [5, 5.41) is 2.37. The van der Waals surface area contributed by atoms with Gasteiger partial charge < -0.3 is 14.4 Å². The van der Waals surface area contributed by atoms with Crippen LogP contribution >= 0.6 is 0 Å². The van der Waals surface area contributed by atoms with Gasteiger partial charge in [-0.25, -0.2) is 0 Å². The Morgan fingerprint density at radius 3 is 2.58 bits per heavy atom. The van der Waals surface area contributed by atoms with E-state index < -0.39 is 0 Å². The molecule has 4 rings (SSSR count). The maximum atomic E-state index is 12.7. The molecule has 2 amide bonds. The first-order chi connectivity index (χ1) is 12.6. The molecule has 0 aliphatic carbocycles. The summed E-state index contributed by atoms with van der Waals surface area (Å²) in [5.41, 5.74) is 3.34. The van der Waals surface area contributed by atoms with Crippen LogP contribution < -0.4 is 0 Å². The summed E-state index contributed by atoms with van der Waals surface area (Å²) in [6, 6.07) is 14.5. The lowest BCUT2D eigenvalue weighted by molar-refractivity contribution is -0.144. The van der Waals surface area contributed by atoms with E-state index in [2.05, 4.69) is 35.9 Å². The molecule has 0 radical (unpaired) electrons. The van der Waals surface area contributed by atoms with Gasteiger partial charge in [-0.05, 0) is 30.7 Å². The molecule has 1 aliphatic rings. The molecule has 0 spiro atoms. The lowest BCUT2D eigenvalue weighted by Crippen LogP contribution is -2.52. The summed E-state index contributed by atoms with van der Waals surface area (Å²) < 4.78 is 2.18. The molecule has 134 valence electrons. The van der Waals surface area contributed by atoms with Gasteiger partial charge in [0, 0.05) is 48.5 Å². The second-order valence-corrected chi connectivity index (χ2v) is 6.89. The van der Waals surface area contributed by atoms with Crippen molar-refractivity contribution >= 4 is 33.6 Å². The monoisotopic (exact) mass is 349 g/mol. The molecule has 2 aromatic carbocycles. The maximum Gasteiger partial charge on any atom is 0.242 e. The van der Waals surface area contributed by atoms with Crippen molar-refractivity contribution < 1.29 is 9.59 Å². The zero-order valence-corrected chi connectivity index (χ0v) is 15.2. The highest BCUT2D eigenvalue weighted by Crippen LogP contribution is 2.28. The second-order valence-electron chi connectivity index (χ2n) is 6.89. The Bertz CT molecular complexity index is 1010. The van der Waals surface area contributed by atoms with Gasteiger partial charge in [0.2, 0.25) is 11.8 Å². The fourth-order valence-electron chi connectivity index (χ4n) is 3.87. The highest BCUT2D eigenvalue weighted by molar-refractivity contribution is 6.08. The first-order valence-corrected chi connectivity index (χ1v) is 9.10. The molecule has 1 aliphatic heterocycles. The van der Waals surface area contributed by atoms with Crippen LogP contribution in [0.3, 0.4) is 0 Å². The largest absolute Gasteiger partial charge is 0.344 e. The molecule has 5 nitrogen and oxygen atoms in total. The van der Waals surface area contributed by atoms with Crippen molar-refractivity contribution in [3.8, 4) is 0 Å². The highest BCUT2D eigenvalue weighted by Gasteiger charge is 2.26. The van der Waals surface area contributed by atoms with Gasteiger partial charge in [0.05, 0.1) is 13.0 Å². The van der Waals surface area contributed by atoms with Crippen LogP contribution in [0.2, 0.25) is 0 Å². The molecule has 0 N–H and O–H groups in total. The molecule has 26 heavy (non-hydrogen) atoms. The Morgan fingerprint density at radius 2 is 1.81 bits per heavy atom. The summed E-state index contributed by atoms with van der Waals surface area (Å²) in [7, 11) is 2.06. The molecule has 5 heteroatoms. The van der Waals surface area contributed by atoms with Gasteiger partial charge in [-0.1, -0.05) is 24.3 Å². The highest BCUT2D eigenvalue weighted by atomic mass is 16.2. The van der Waals surface area contributed by atoms with Crippen LogP contribution in [0.25, 0.3) is 21.8 Å². The molecule has 3 aromatic rings. The number of amides is 2. The third-order valence-electron chi connectivity index (χ3n) is 5.39. The summed E-state index contributed by atoms with van der Waals surface area (Å²) in [6.07, 6.45) is 0.332. The average molecular weight is 349 g/mol. The van der Waals surface area contributed by atoms with E-state index in [1.807, 2.05) is 25.1 Å². The molecule has 0 saturated carbocycles. The number of benzene rings is 2. The zero-order chi connectivity index (χ0) is 18.3. The first-order valence-electron chi connectivity index (χ1n) is 9.10. The van der Waals surface area contributed by atoms with E-state index in [4.69, 9.17) is 0 Å². The van der Waals surface area contributed by atoms with Gasteiger partial charge in [0.25, 0.3) is 0 Å². The summed E-state index contributed by atoms with van der Waals surface area (Å²) in [4.78, 5) is 28.2. The van der Waals surface area contributed by atoms with Crippen LogP contribution in [0, 0.1) is 0 Å². The lowest BCUT2D eigenvalue weighted by atomic mass is 10.1. The van der Waals surface area contributed by atoms with Crippen molar-refractivity contribution in [3.63, 3.8) is 0 Å². The number of para-hydroxylation sites is 1. The molecule has 1 aromatic heterocycles. The quantitative estimate of drug-likeness (QED) is 0.729. The Hall–Kier alpha value is -2.82. The SMILES string of the molecule is CCN1CCN(C(=O)Cc2ccc3c(c2)c2ccccc2n3C)CC1=O. The standard InChI is InChI=1S/C21H23N3O2/c1-3-23-10-11-24(14-21(23)26)20(25)13-15-8-9-19-17(12-15)16-6-4-5-7-18(16)22(19)2/h4-9,12H,3,10-11,13-14H2,1-2H3. The molecule has 1 fully saturated rings. The third kappa shape index (κ3) is 2.73. The normalized spacial score (nSPS) is 15.2. The van der Waals surface area contributed by atoms with Crippen LogP contribution in [0.1, 0.15) is 12.5 Å². The van der Waals surface area contributed by atoms with E-state index in [9.17, 15) is 9.59 Å². The molecule has 1 saturated heterocycles. The fraction of sp³-hybridized carbons (Fsp3) is 0.333. The Balaban J connectivity index is 1.59. The zero-order valence-electron chi connectivity index (χ0n) is 15.2. The number of hydrogen-bond acceptors (Lipinski definition) is 2. The van der Waals surface area contributed by atoms with Crippen molar-refractivity contribution in [3.05, 3.63) is 48.0 Å². The van der Waals surface area contributed by atoms with Crippen molar-refractivity contribution in [1.29, 1.82) is 0 Å². The fourth-order valence-corrected chi connectivity index (χ4v) is 3.87. The van der Waals surface area contributed by atoms with Gasteiger partial charge in [-0.15, -0.1) is 0 Å². The van der Waals surface area contributed by atoms with Crippen LogP contribution in [0.15, 0.2) is 42.5 Å².